The number of nitrogens with one attached hydrogen (secondary N) is 1. The van der Waals surface area contributed by atoms with Crippen LogP contribution in [-0.2, 0) is 4.79 Å². The highest BCUT2D eigenvalue weighted by molar-refractivity contribution is 5.96. The van der Waals surface area contributed by atoms with Gasteiger partial charge in [0.05, 0.1) is 18.8 Å². The maximum absolute atomic E-state index is 12.4. The lowest BCUT2D eigenvalue weighted by Crippen LogP contribution is -2.44. The maximum Gasteiger partial charge on any atom is 0.241 e. The number of hydrogen-bond acceptors (Lipinski definition) is 4. The van der Waals surface area contributed by atoms with Crippen LogP contribution < -0.4 is 15.8 Å². The third-order valence-corrected chi connectivity index (χ3v) is 3.87. The molecule has 1 rings (SSSR count). The van der Waals surface area contributed by atoms with Gasteiger partial charge in [-0.3, -0.25) is 9.69 Å². The second-order valence-corrected chi connectivity index (χ2v) is 5.43. The lowest BCUT2D eigenvalue weighted by atomic mass is 10.1. The molecule has 0 aromatic heterocycles. The van der Waals surface area contributed by atoms with Crippen molar-refractivity contribution < 1.29 is 9.53 Å². The Morgan fingerprint density at radius 2 is 2.10 bits per heavy atom. The number of ether oxygens (including phenoxy) is 1. The van der Waals surface area contributed by atoms with Crippen molar-refractivity contribution in [3.63, 3.8) is 0 Å². The van der Waals surface area contributed by atoms with Crippen molar-refractivity contribution >= 4 is 17.3 Å². The number of hydrogen-bond donors (Lipinski definition) is 2. The first-order valence-corrected chi connectivity index (χ1v) is 7.37. The van der Waals surface area contributed by atoms with E-state index in [4.69, 9.17) is 10.5 Å². The number of benzene rings is 1. The fourth-order valence-electron chi connectivity index (χ4n) is 2.25. The van der Waals surface area contributed by atoms with E-state index >= 15 is 0 Å². The summed E-state index contributed by atoms with van der Waals surface area (Å²) in [5.74, 6) is 0.540. The van der Waals surface area contributed by atoms with Gasteiger partial charge in [0.1, 0.15) is 5.75 Å². The molecule has 0 aliphatic heterocycles. The van der Waals surface area contributed by atoms with Crippen molar-refractivity contribution in [3.05, 3.63) is 18.2 Å². The molecule has 0 saturated heterocycles. The monoisotopic (exact) mass is 293 g/mol. The van der Waals surface area contributed by atoms with E-state index in [1.54, 1.807) is 25.3 Å². The third kappa shape index (κ3) is 4.63. The summed E-state index contributed by atoms with van der Waals surface area (Å²) in [6, 6.07) is 5.34. The first-order chi connectivity index (χ1) is 9.90. The van der Waals surface area contributed by atoms with Crippen LogP contribution in [-0.4, -0.2) is 37.0 Å². The van der Waals surface area contributed by atoms with Crippen LogP contribution in [0.1, 0.15) is 33.6 Å². The van der Waals surface area contributed by atoms with Crippen molar-refractivity contribution in [2.24, 2.45) is 0 Å². The van der Waals surface area contributed by atoms with Crippen LogP contribution in [0.15, 0.2) is 18.2 Å². The van der Waals surface area contributed by atoms with Crippen molar-refractivity contribution in [2.45, 2.75) is 45.7 Å². The van der Waals surface area contributed by atoms with E-state index in [9.17, 15) is 4.79 Å². The number of carbonyl (C=O) groups is 1. The first-order valence-electron chi connectivity index (χ1n) is 7.37. The van der Waals surface area contributed by atoms with Crippen LogP contribution >= 0.6 is 0 Å². The number of nitrogen functional groups attached to an aromatic ring is 1. The summed E-state index contributed by atoms with van der Waals surface area (Å²) in [6.07, 6.45) is 2.17. The molecule has 21 heavy (non-hydrogen) atoms. The molecule has 0 saturated carbocycles. The number of amides is 1. The summed E-state index contributed by atoms with van der Waals surface area (Å²) in [7, 11) is 3.54. The number of methoxy groups -OCH3 is 1. The average Bonchev–Trinajstić information content (AvgIpc) is 2.46. The van der Waals surface area contributed by atoms with E-state index in [0.29, 0.717) is 23.2 Å². The molecule has 0 radical (unpaired) electrons. The Kier molecular flexibility index (Phi) is 6.49. The molecule has 1 aromatic carbocycles. The van der Waals surface area contributed by atoms with Crippen LogP contribution in [0.2, 0.25) is 0 Å². The van der Waals surface area contributed by atoms with Gasteiger partial charge in [0, 0.05) is 11.7 Å². The molecule has 0 bridgehead atoms. The van der Waals surface area contributed by atoms with Gasteiger partial charge in [0.15, 0.2) is 0 Å². The highest BCUT2D eigenvalue weighted by Crippen LogP contribution is 2.26. The van der Waals surface area contributed by atoms with Crippen molar-refractivity contribution in [3.8, 4) is 5.75 Å². The normalized spacial score (nSPS) is 13.8. The van der Waals surface area contributed by atoms with Crippen LogP contribution in [0.5, 0.6) is 5.75 Å². The van der Waals surface area contributed by atoms with Crippen molar-refractivity contribution in [1.82, 2.24) is 4.90 Å². The highest BCUT2D eigenvalue weighted by Gasteiger charge is 2.22. The lowest BCUT2D eigenvalue weighted by molar-refractivity contribution is -0.121. The summed E-state index contributed by atoms with van der Waals surface area (Å²) in [5.41, 5.74) is 6.96. The zero-order valence-electron chi connectivity index (χ0n) is 13.6. The Morgan fingerprint density at radius 3 is 2.67 bits per heavy atom. The number of likely N-dealkylation sites (N-methyl/N-ethyl adjacent to an activating group) is 1. The van der Waals surface area contributed by atoms with Crippen molar-refractivity contribution in [1.29, 1.82) is 0 Å². The molecule has 5 heteroatoms. The minimum atomic E-state index is -0.224. The van der Waals surface area contributed by atoms with Gasteiger partial charge in [0.25, 0.3) is 0 Å². The maximum atomic E-state index is 12.4. The molecule has 0 aliphatic rings. The van der Waals surface area contributed by atoms with Gasteiger partial charge in [-0.15, -0.1) is 0 Å². The standard InChI is InChI=1S/C16H27N3O2/c1-6-7-11(2)19(4)12(3)16(20)18-14-10-13(17)8-9-15(14)21-5/h8-12H,6-7,17H2,1-5H3,(H,18,20). The Labute approximate surface area is 127 Å². The third-order valence-electron chi connectivity index (χ3n) is 3.87. The molecular formula is C16H27N3O2. The summed E-state index contributed by atoms with van der Waals surface area (Å²) < 4.78 is 5.24. The van der Waals surface area contributed by atoms with E-state index < -0.39 is 0 Å². The number of carbonyl (C=O) groups excluding carboxylic acids is 1. The largest absolute Gasteiger partial charge is 0.495 e. The minimum absolute atomic E-state index is 0.0654. The average molecular weight is 293 g/mol. The molecule has 5 nitrogen and oxygen atoms in total. The molecule has 1 amide bonds. The Morgan fingerprint density at radius 1 is 1.43 bits per heavy atom. The predicted octanol–water partition coefficient (Wildman–Crippen LogP) is 2.72. The molecule has 3 N–H and O–H groups in total. The van der Waals surface area contributed by atoms with E-state index in [0.717, 1.165) is 12.8 Å². The summed E-state index contributed by atoms with van der Waals surface area (Å²) in [5, 5.41) is 2.89. The fourth-order valence-corrected chi connectivity index (χ4v) is 2.25. The van der Waals surface area contributed by atoms with Crippen molar-refractivity contribution in [2.75, 3.05) is 25.2 Å². The first kappa shape index (κ1) is 17.3. The molecule has 0 heterocycles. The second-order valence-electron chi connectivity index (χ2n) is 5.43. The number of nitrogens with two attached hydrogens (primary N) is 1. The zero-order valence-corrected chi connectivity index (χ0v) is 13.6. The van der Waals surface area contributed by atoms with Crippen LogP contribution in [0.25, 0.3) is 0 Å². The molecule has 0 aliphatic carbocycles. The SMILES string of the molecule is CCCC(C)N(C)C(C)C(=O)Nc1cc(N)ccc1OC. The van der Waals surface area contributed by atoms with Crippen LogP contribution in [0, 0.1) is 0 Å². The summed E-state index contributed by atoms with van der Waals surface area (Å²) in [6.45, 7) is 6.18. The predicted molar refractivity (Wildman–Crippen MR) is 87.6 cm³/mol. The Bertz CT molecular complexity index is 477. The van der Waals surface area contributed by atoms with Crippen LogP contribution in [0.4, 0.5) is 11.4 Å². The molecule has 0 spiro atoms. The quantitative estimate of drug-likeness (QED) is 0.759. The smallest absolute Gasteiger partial charge is 0.241 e. The van der Waals surface area contributed by atoms with Gasteiger partial charge in [-0.25, -0.2) is 0 Å². The topological polar surface area (TPSA) is 67.6 Å². The molecule has 2 unspecified atom stereocenters. The zero-order chi connectivity index (χ0) is 16.0. The van der Waals surface area contributed by atoms with Gasteiger partial charge in [-0.05, 0) is 45.5 Å². The summed E-state index contributed by atoms with van der Waals surface area (Å²) in [4.78, 5) is 14.5. The molecule has 118 valence electrons. The highest BCUT2D eigenvalue weighted by atomic mass is 16.5. The molecule has 0 fully saturated rings. The van der Waals surface area contributed by atoms with E-state index in [1.165, 1.54) is 0 Å². The number of rotatable bonds is 7. The Balaban J connectivity index is 2.78. The van der Waals surface area contributed by atoms with Crippen LogP contribution in [0.3, 0.4) is 0 Å². The van der Waals surface area contributed by atoms with E-state index in [-0.39, 0.29) is 11.9 Å². The van der Waals surface area contributed by atoms with Gasteiger partial charge < -0.3 is 15.8 Å². The molecule has 1 aromatic rings. The fraction of sp³-hybridized carbons (Fsp3) is 0.562. The number of nitrogens with zero attached hydrogens (tertiary/aromatic N) is 1. The lowest BCUT2D eigenvalue weighted by Gasteiger charge is -2.30. The number of anilines is 2. The second kappa shape index (κ2) is 7.88. The van der Waals surface area contributed by atoms with Gasteiger partial charge in [-0.1, -0.05) is 13.3 Å². The molecular weight excluding hydrogens is 266 g/mol. The van der Waals surface area contributed by atoms with E-state index in [2.05, 4.69) is 24.1 Å². The van der Waals surface area contributed by atoms with E-state index in [1.807, 2.05) is 14.0 Å². The summed E-state index contributed by atoms with van der Waals surface area (Å²) >= 11 is 0. The minimum Gasteiger partial charge on any atom is -0.495 e. The Hall–Kier alpha value is -1.75. The van der Waals surface area contributed by atoms with Gasteiger partial charge in [-0.2, -0.15) is 0 Å². The van der Waals surface area contributed by atoms with Gasteiger partial charge >= 0.3 is 0 Å². The van der Waals surface area contributed by atoms with Gasteiger partial charge in [0.2, 0.25) is 5.91 Å². The molecule has 2 atom stereocenters.